The van der Waals surface area contributed by atoms with Crippen LogP contribution in [0.3, 0.4) is 0 Å². The van der Waals surface area contributed by atoms with Crippen LogP contribution in [0.4, 0.5) is 0 Å². The first-order valence-corrected chi connectivity index (χ1v) is 9.79. The Labute approximate surface area is 132 Å². The lowest BCUT2D eigenvalue weighted by molar-refractivity contribution is 0.437. The lowest BCUT2D eigenvalue weighted by atomic mass is 10.1. The van der Waals surface area contributed by atoms with Crippen LogP contribution in [-0.2, 0) is 16.6 Å². The Morgan fingerprint density at radius 2 is 2.14 bits per heavy atom. The number of nitrogens with one attached hydrogen (secondary N) is 2. The summed E-state index contributed by atoms with van der Waals surface area (Å²) in [5.41, 5.74) is 1.17. The minimum Gasteiger partial charge on any atom is -0.317 e. The van der Waals surface area contributed by atoms with Crippen LogP contribution in [0.15, 0.2) is 16.8 Å². The van der Waals surface area contributed by atoms with E-state index in [2.05, 4.69) is 17.0 Å². The first kappa shape index (κ1) is 18.6. The molecule has 7 heteroatoms. The van der Waals surface area contributed by atoms with Crippen molar-refractivity contribution >= 4 is 21.5 Å². The molecule has 1 unspecified atom stereocenters. The van der Waals surface area contributed by atoms with Crippen molar-refractivity contribution in [3.63, 3.8) is 0 Å². The van der Waals surface area contributed by atoms with E-state index < -0.39 is 10.2 Å². The summed E-state index contributed by atoms with van der Waals surface area (Å²) in [7, 11) is -1.77. The summed E-state index contributed by atoms with van der Waals surface area (Å²) in [4.78, 5) is 0. The predicted molar refractivity (Wildman–Crippen MR) is 89.9 cm³/mol. The second-order valence-electron chi connectivity index (χ2n) is 5.28. The zero-order valence-corrected chi connectivity index (χ0v) is 14.8. The maximum absolute atomic E-state index is 12.2. The first-order chi connectivity index (χ1) is 9.95. The van der Waals surface area contributed by atoms with Gasteiger partial charge in [0.05, 0.1) is 0 Å². The predicted octanol–water partition coefficient (Wildman–Crippen LogP) is 1.83. The fourth-order valence-electron chi connectivity index (χ4n) is 2.00. The number of nitrogens with zero attached hydrogens (tertiary/aromatic N) is 1. The van der Waals surface area contributed by atoms with Crippen molar-refractivity contribution in [3.05, 3.63) is 22.4 Å². The van der Waals surface area contributed by atoms with Gasteiger partial charge in [-0.15, -0.1) is 0 Å². The molecule has 0 aromatic carbocycles. The Bertz CT molecular complexity index is 474. The molecule has 1 aromatic heterocycles. The van der Waals surface area contributed by atoms with Crippen LogP contribution in [0.2, 0.25) is 0 Å². The van der Waals surface area contributed by atoms with E-state index in [0.29, 0.717) is 13.0 Å². The van der Waals surface area contributed by atoms with Gasteiger partial charge >= 0.3 is 0 Å². The highest BCUT2D eigenvalue weighted by molar-refractivity contribution is 7.87. The van der Waals surface area contributed by atoms with E-state index in [1.807, 2.05) is 23.8 Å². The summed E-state index contributed by atoms with van der Waals surface area (Å²) >= 11 is 1.63. The first-order valence-electron chi connectivity index (χ1n) is 7.41. The van der Waals surface area contributed by atoms with Crippen molar-refractivity contribution in [3.8, 4) is 0 Å². The van der Waals surface area contributed by atoms with Crippen molar-refractivity contribution in [2.75, 3.05) is 26.7 Å². The molecule has 1 heterocycles. The molecule has 0 amide bonds. The Kier molecular flexibility index (Phi) is 8.43. The van der Waals surface area contributed by atoms with E-state index in [0.717, 1.165) is 25.9 Å². The monoisotopic (exact) mass is 333 g/mol. The normalized spacial score (nSPS) is 13.7. The molecule has 1 atom stereocenters. The maximum atomic E-state index is 12.2. The Hall–Kier alpha value is -0.470. The average molecular weight is 334 g/mol. The van der Waals surface area contributed by atoms with Crippen molar-refractivity contribution in [2.24, 2.45) is 0 Å². The van der Waals surface area contributed by atoms with Crippen LogP contribution in [0.25, 0.3) is 0 Å². The molecule has 5 nitrogen and oxygen atoms in total. The highest BCUT2D eigenvalue weighted by Gasteiger charge is 2.19. The smallest absolute Gasteiger partial charge is 0.279 e. The molecule has 0 aliphatic rings. The number of hydrogen-bond acceptors (Lipinski definition) is 4. The summed E-state index contributed by atoms with van der Waals surface area (Å²) < 4.78 is 28.5. The van der Waals surface area contributed by atoms with Gasteiger partial charge in [-0.1, -0.05) is 6.92 Å². The van der Waals surface area contributed by atoms with Crippen LogP contribution < -0.4 is 10.0 Å². The van der Waals surface area contributed by atoms with Crippen LogP contribution in [0.5, 0.6) is 0 Å². The highest BCUT2D eigenvalue weighted by Crippen LogP contribution is 2.09. The lowest BCUT2D eigenvalue weighted by Gasteiger charge is -2.21. The van der Waals surface area contributed by atoms with Gasteiger partial charge in [0.2, 0.25) is 0 Å². The van der Waals surface area contributed by atoms with Gasteiger partial charge in [-0.2, -0.15) is 28.8 Å². The van der Waals surface area contributed by atoms with Gasteiger partial charge in [0.1, 0.15) is 0 Å². The minimum absolute atomic E-state index is 0.106. The van der Waals surface area contributed by atoms with Gasteiger partial charge < -0.3 is 5.32 Å². The molecule has 0 aliphatic heterocycles. The quantitative estimate of drug-likeness (QED) is 0.608. The van der Waals surface area contributed by atoms with E-state index in [1.54, 1.807) is 18.4 Å². The van der Waals surface area contributed by atoms with Crippen LogP contribution in [0.1, 0.15) is 32.3 Å². The van der Waals surface area contributed by atoms with Crippen molar-refractivity contribution in [1.29, 1.82) is 0 Å². The molecule has 0 saturated heterocycles. The lowest BCUT2D eigenvalue weighted by Crippen LogP contribution is -2.44. The molecule has 1 rings (SSSR count). The van der Waals surface area contributed by atoms with E-state index >= 15 is 0 Å². The van der Waals surface area contributed by atoms with Crippen LogP contribution >= 0.6 is 11.3 Å². The zero-order valence-electron chi connectivity index (χ0n) is 13.1. The summed E-state index contributed by atoms with van der Waals surface area (Å²) in [5.74, 6) is 0. The fraction of sp³-hybridized carbons (Fsp3) is 0.714. The van der Waals surface area contributed by atoms with E-state index in [-0.39, 0.29) is 6.04 Å². The third-order valence-electron chi connectivity index (χ3n) is 3.14. The third-order valence-corrected chi connectivity index (χ3v) is 5.57. The van der Waals surface area contributed by atoms with Gasteiger partial charge in [-0.05, 0) is 61.7 Å². The number of hydrogen-bond donors (Lipinski definition) is 2. The molecule has 2 N–H and O–H groups in total. The van der Waals surface area contributed by atoms with E-state index in [1.165, 1.54) is 9.87 Å². The molecule has 122 valence electrons. The SMILES string of the molecule is CCCNCCCN(C)S(=O)(=O)NC(C)Cc1ccsc1. The van der Waals surface area contributed by atoms with Crippen molar-refractivity contribution < 1.29 is 8.42 Å². The molecular weight excluding hydrogens is 306 g/mol. The highest BCUT2D eigenvalue weighted by atomic mass is 32.2. The topological polar surface area (TPSA) is 61.4 Å². The van der Waals surface area contributed by atoms with E-state index in [9.17, 15) is 8.42 Å². The summed E-state index contributed by atoms with van der Waals surface area (Å²) in [6, 6.07) is 1.92. The average Bonchev–Trinajstić information content (AvgIpc) is 2.90. The van der Waals surface area contributed by atoms with Gasteiger partial charge in [0.25, 0.3) is 10.2 Å². The second-order valence-corrected chi connectivity index (χ2v) is 7.87. The number of thiophene rings is 1. The molecule has 0 aliphatic carbocycles. The fourth-order valence-corrected chi connectivity index (χ4v) is 3.82. The summed E-state index contributed by atoms with van der Waals surface area (Å²) in [6.07, 6.45) is 2.63. The molecule has 0 saturated carbocycles. The molecule has 0 spiro atoms. The van der Waals surface area contributed by atoms with Gasteiger partial charge in [0.15, 0.2) is 0 Å². The molecular formula is C14H27N3O2S2. The molecule has 1 aromatic rings. The summed E-state index contributed by atoms with van der Waals surface area (Å²) in [5, 5.41) is 7.33. The second kappa shape index (κ2) is 9.53. The van der Waals surface area contributed by atoms with E-state index in [4.69, 9.17) is 0 Å². The van der Waals surface area contributed by atoms with Gasteiger partial charge in [0, 0.05) is 19.6 Å². The Morgan fingerprint density at radius 3 is 2.76 bits per heavy atom. The molecule has 0 fully saturated rings. The van der Waals surface area contributed by atoms with Gasteiger partial charge in [-0.25, -0.2) is 0 Å². The van der Waals surface area contributed by atoms with Crippen LogP contribution in [0, 0.1) is 0 Å². The largest absolute Gasteiger partial charge is 0.317 e. The third kappa shape index (κ3) is 7.37. The maximum Gasteiger partial charge on any atom is 0.279 e. The zero-order chi connectivity index (χ0) is 15.7. The Morgan fingerprint density at radius 1 is 1.38 bits per heavy atom. The van der Waals surface area contributed by atoms with Crippen molar-refractivity contribution in [2.45, 2.75) is 39.2 Å². The molecule has 0 radical (unpaired) electrons. The van der Waals surface area contributed by atoms with Gasteiger partial charge in [-0.3, -0.25) is 0 Å². The van der Waals surface area contributed by atoms with Crippen LogP contribution in [-0.4, -0.2) is 45.4 Å². The summed E-state index contributed by atoms with van der Waals surface area (Å²) in [6.45, 7) is 6.36. The number of rotatable bonds is 11. The Balaban J connectivity index is 2.33. The van der Waals surface area contributed by atoms with Crippen molar-refractivity contribution in [1.82, 2.24) is 14.3 Å². The molecule has 21 heavy (non-hydrogen) atoms. The minimum atomic E-state index is -3.40. The molecule has 0 bridgehead atoms. The standard InChI is InChI=1S/C14H27N3O2S2/c1-4-7-15-8-5-9-17(3)21(18,19)16-13(2)11-14-6-10-20-12-14/h6,10,12-13,15-16H,4-5,7-9,11H2,1-3H3.